The molecule has 0 radical (unpaired) electrons. The lowest BCUT2D eigenvalue weighted by Gasteiger charge is -2.16. The van der Waals surface area contributed by atoms with E-state index in [1.165, 1.54) is 5.57 Å². The van der Waals surface area contributed by atoms with Crippen LogP contribution in [0.1, 0.15) is 13.8 Å². The summed E-state index contributed by atoms with van der Waals surface area (Å²) in [6.07, 6.45) is 10.1. The molecule has 0 aromatic rings. The average Bonchev–Trinajstić information content (AvgIpc) is 2.01. The SMILES string of the molecule is C=CC1(C)/C=C\C=C(\C)C/N=C\1. The van der Waals surface area contributed by atoms with Gasteiger partial charge in [-0.15, -0.1) is 6.58 Å². The van der Waals surface area contributed by atoms with E-state index in [-0.39, 0.29) is 5.41 Å². The van der Waals surface area contributed by atoms with E-state index in [4.69, 9.17) is 0 Å². The van der Waals surface area contributed by atoms with Crippen LogP contribution in [0.4, 0.5) is 0 Å². The van der Waals surface area contributed by atoms with E-state index >= 15 is 0 Å². The highest BCUT2D eigenvalue weighted by molar-refractivity contribution is 5.71. The lowest BCUT2D eigenvalue weighted by Crippen LogP contribution is -2.12. The van der Waals surface area contributed by atoms with E-state index in [0.717, 1.165) is 6.54 Å². The predicted molar refractivity (Wildman–Crippen MR) is 54.6 cm³/mol. The van der Waals surface area contributed by atoms with Gasteiger partial charge in [0.05, 0.1) is 6.54 Å². The Hall–Kier alpha value is -1.11. The van der Waals surface area contributed by atoms with Crippen LogP contribution in [0.25, 0.3) is 0 Å². The summed E-state index contributed by atoms with van der Waals surface area (Å²) in [6.45, 7) is 8.76. The summed E-state index contributed by atoms with van der Waals surface area (Å²) in [4.78, 5) is 4.32. The van der Waals surface area contributed by atoms with Crippen LogP contribution in [0.2, 0.25) is 0 Å². The summed E-state index contributed by atoms with van der Waals surface area (Å²) in [5.41, 5.74) is 1.21. The summed E-state index contributed by atoms with van der Waals surface area (Å²) in [5.74, 6) is 0. The fourth-order valence-electron chi connectivity index (χ4n) is 1.02. The van der Waals surface area contributed by atoms with Gasteiger partial charge in [0.25, 0.3) is 0 Å². The normalized spacial score (nSPS) is 38.7. The second-order valence-electron chi connectivity index (χ2n) is 3.41. The van der Waals surface area contributed by atoms with E-state index in [0.29, 0.717) is 0 Å². The molecule has 64 valence electrons. The molecule has 0 aliphatic carbocycles. The predicted octanol–water partition coefficient (Wildman–Crippen LogP) is 2.77. The van der Waals surface area contributed by atoms with Gasteiger partial charge in [-0.1, -0.05) is 29.9 Å². The maximum atomic E-state index is 4.32. The standard InChI is InChI=1S/C11H15N/c1-4-11(3)7-5-6-10(2)8-12-9-11/h4-7,9H,1,8H2,2-3H3/b7-5-,10-6-,12-9-. The first-order valence-electron chi connectivity index (χ1n) is 4.16. The first kappa shape index (κ1) is 8.98. The quantitative estimate of drug-likeness (QED) is 0.524. The molecule has 1 aliphatic rings. The van der Waals surface area contributed by atoms with Crippen molar-refractivity contribution in [2.45, 2.75) is 13.8 Å². The third-order valence-corrected chi connectivity index (χ3v) is 1.99. The molecular formula is C11H15N. The Morgan fingerprint density at radius 2 is 2.42 bits per heavy atom. The first-order chi connectivity index (χ1) is 5.66. The molecule has 1 unspecified atom stereocenters. The Bertz CT molecular complexity index is 258. The smallest absolute Gasteiger partial charge is 0.0596 e. The van der Waals surface area contributed by atoms with Crippen LogP contribution in [0.15, 0.2) is 41.4 Å². The second-order valence-corrected chi connectivity index (χ2v) is 3.41. The van der Waals surface area contributed by atoms with Gasteiger partial charge in [0.2, 0.25) is 0 Å². The van der Waals surface area contributed by atoms with Gasteiger partial charge in [-0.05, 0) is 13.8 Å². The minimum Gasteiger partial charge on any atom is -0.292 e. The largest absolute Gasteiger partial charge is 0.292 e. The van der Waals surface area contributed by atoms with Crippen molar-refractivity contribution in [1.29, 1.82) is 0 Å². The average molecular weight is 161 g/mol. The van der Waals surface area contributed by atoms with Crippen LogP contribution < -0.4 is 0 Å². The topological polar surface area (TPSA) is 12.4 Å². The lowest BCUT2D eigenvalue weighted by molar-refractivity contribution is 0.786. The van der Waals surface area contributed by atoms with Gasteiger partial charge in [-0.2, -0.15) is 0 Å². The number of allylic oxidation sites excluding steroid dienone is 4. The molecule has 0 spiro atoms. The van der Waals surface area contributed by atoms with Crippen molar-refractivity contribution in [3.8, 4) is 0 Å². The third-order valence-electron chi connectivity index (χ3n) is 1.99. The number of hydrogen-bond acceptors (Lipinski definition) is 1. The number of nitrogens with zero attached hydrogens (tertiary/aromatic N) is 1. The highest BCUT2D eigenvalue weighted by atomic mass is 14.7. The monoisotopic (exact) mass is 161 g/mol. The second kappa shape index (κ2) is 3.53. The Balaban J connectivity index is 2.92. The zero-order valence-corrected chi connectivity index (χ0v) is 7.75. The van der Waals surface area contributed by atoms with E-state index in [2.05, 4.69) is 43.6 Å². The third kappa shape index (κ3) is 2.19. The van der Waals surface area contributed by atoms with Gasteiger partial charge in [-0.25, -0.2) is 0 Å². The minimum atomic E-state index is -0.0722. The van der Waals surface area contributed by atoms with Crippen LogP contribution in [0.3, 0.4) is 0 Å². The summed E-state index contributed by atoms with van der Waals surface area (Å²) < 4.78 is 0. The van der Waals surface area contributed by atoms with E-state index in [1.54, 1.807) is 0 Å². The summed E-state index contributed by atoms with van der Waals surface area (Å²) in [6, 6.07) is 0. The molecule has 1 heterocycles. The van der Waals surface area contributed by atoms with Crippen molar-refractivity contribution in [1.82, 2.24) is 0 Å². The van der Waals surface area contributed by atoms with Gasteiger partial charge in [0.15, 0.2) is 0 Å². The number of rotatable bonds is 1. The Morgan fingerprint density at radius 3 is 3.08 bits per heavy atom. The maximum absolute atomic E-state index is 4.32. The molecule has 0 aromatic carbocycles. The van der Waals surface area contributed by atoms with Crippen molar-refractivity contribution in [3.05, 3.63) is 36.5 Å². The molecule has 1 atom stereocenters. The van der Waals surface area contributed by atoms with E-state index in [1.807, 2.05) is 12.3 Å². The Labute approximate surface area is 74.2 Å². The molecule has 1 rings (SSSR count). The highest BCUT2D eigenvalue weighted by Gasteiger charge is 2.12. The molecule has 0 N–H and O–H groups in total. The van der Waals surface area contributed by atoms with E-state index < -0.39 is 0 Å². The first-order valence-corrected chi connectivity index (χ1v) is 4.16. The van der Waals surface area contributed by atoms with Crippen molar-refractivity contribution >= 4 is 6.21 Å². The van der Waals surface area contributed by atoms with Crippen LogP contribution in [0, 0.1) is 5.41 Å². The fraction of sp³-hybridized carbons (Fsp3) is 0.364. The van der Waals surface area contributed by atoms with Crippen LogP contribution in [-0.4, -0.2) is 12.8 Å². The summed E-state index contributed by atoms with van der Waals surface area (Å²) >= 11 is 0. The molecule has 0 aromatic heterocycles. The lowest BCUT2D eigenvalue weighted by atomic mass is 9.91. The summed E-state index contributed by atoms with van der Waals surface area (Å²) in [7, 11) is 0. The van der Waals surface area contributed by atoms with Gasteiger partial charge in [0, 0.05) is 11.6 Å². The van der Waals surface area contributed by atoms with Crippen LogP contribution in [-0.2, 0) is 0 Å². The Kier molecular flexibility index (Phi) is 2.64. The van der Waals surface area contributed by atoms with Crippen molar-refractivity contribution in [3.63, 3.8) is 0 Å². The molecule has 1 aliphatic heterocycles. The number of aliphatic imine (C=N–C) groups is 1. The molecular weight excluding hydrogens is 146 g/mol. The Morgan fingerprint density at radius 1 is 1.67 bits per heavy atom. The van der Waals surface area contributed by atoms with Gasteiger partial charge in [0.1, 0.15) is 0 Å². The van der Waals surface area contributed by atoms with Crippen molar-refractivity contribution < 1.29 is 0 Å². The highest BCUT2D eigenvalue weighted by Crippen LogP contribution is 2.18. The van der Waals surface area contributed by atoms with Gasteiger partial charge < -0.3 is 0 Å². The molecule has 0 bridgehead atoms. The van der Waals surface area contributed by atoms with Gasteiger partial charge >= 0.3 is 0 Å². The van der Waals surface area contributed by atoms with Crippen molar-refractivity contribution in [2.75, 3.05) is 6.54 Å². The maximum Gasteiger partial charge on any atom is 0.0596 e. The number of hydrogen-bond donors (Lipinski definition) is 0. The van der Waals surface area contributed by atoms with Crippen molar-refractivity contribution in [2.24, 2.45) is 10.4 Å². The molecule has 1 nitrogen and oxygen atoms in total. The molecule has 1 heteroatoms. The fourth-order valence-corrected chi connectivity index (χ4v) is 1.02. The molecule has 0 amide bonds. The molecule has 12 heavy (non-hydrogen) atoms. The zero-order chi connectivity index (χ0) is 9.03. The summed E-state index contributed by atoms with van der Waals surface area (Å²) in [5, 5.41) is 0. The minimum absolute atomic E-state index is 0.0722. The van der Waals surface area contributed by atoms with Gasteiger partial charge in [-0.3, -0.25) is 4.99 Å². The zero-order valence-electron chi connectivity index (χ0n) is 7.75. The molecule has 0 saturated heterocycles. The molecule has 0 fully saturated rings. The molecule has 0 saturated carbocycles. The van der Waals surface area contributed by atoms with Crippen LogP contribution in [0.5, 0.6) is 0 Å². The van der Waals surface area contributed by atoms with Crippen LogP contribution >= 0.6 is 0 Å². The van der Waals surface area contributed by atoms with E-state index in [9.17, 15) is 0 Å².